The van der Waals surface area contributed by atoms with E-state index in [0.29, 0.717) is 0 Å². The summed E-state index contributed by atoms with van der Waals surface area (Å²) in [5, 5.41) is -3.81. The van der Waals surface area contributed by atoms with Gasteiger partial charge >= 0.3 is 18.6 Å². The second-order valence-corrected chi connectivity index (χ2v) is 2.96. The van der Waals surface area contributed by atoms with Crippen LogP contribution in [0.5, 0.6) is 0 Å². The molecule has 0 radical (unpaired) electrons. The van der Waals surface area contributed by atoms with E-state index >= 15 is 0 Å². The van der Waals surface area contributed by atoms with Crippen molar-refractivity contribution in [2.75, 3.05) is 0 Å². The van der Waals surface area contributed by atoms with Crippen LogP contribution >= 0.6 is 15.9 Å². The Morgan fingerprint density at radius 1 is 0.800 bits per heavy atom. The molecule has 0 aliphatic heterocycles. The molecular formula is C4HBrF9N. The van der Waals surface area contributed by atoms with Gasteiger partial charge in [0.2, 0.25) is 5.08 Å². The van der Waals surface area contributed by atoms with Gasteiger partial charge in [0.15, 0.2) is 0 Å². The highest BCUT2D eigenvalue weighted by Gasteiger charge is 2.68. The summed E-state index contributed by atoms with van der Waals surface area (Å²) < 4.78 is 106. The number of hydrogen-bond donors (Lipinski definition) is 0. The predicted octanol–water partition coefficient (Wildman–Crippen LogP) is 3.61. The first kappa shape index (κ1) is 14.8. The summed E-state index contributed by atoms with van der Waals surface area (Å²) in [5.74, 6) is 0. The number of rotatable bonds is 2. The predicted molar refractivity (Wildman–Crippen MR) is 32.7 cm³/mol. The molecule has 15 heavy (non-hydrogen) atoms. The van der Waals surface area contributed by atoms with Crippen LogP contribution in [0, 0.1) is 0 Å². The van der Waals surface area contributed by atoms with Crippen LogP contribution in [-0.4, -0.2) is 28.6 Å². The molecule has 1 atom stereocenters. The molecular weight excluding hydrogens is 313 g/mol. The summed E-state index contributed by atoms with van der Waals surface area (Å²) in [4.78, 5) is -3.12. The number of halogens is 10. The minimum absolute atomic E-state index is 1.32. The molecule has 0 aromatic rings. The quantitative estimate of drug-likeness (QED) is 0.428. The summed E-state index contributed by atoms with van der Waals surface area (Å²) in [5.41, 5.74) is 0. The fraction of sp³-hybridized carbons (Fsp3) is 1.00. The minimum atomic E-state index is -6.44. The first-order valence-electron chi connectivity index (χ1n) is 2.91. The molecule has 0 saturated carbocycles. The van der Waals surface area contributed by atoms with Crippen LogP contribution in [0.2, 0.25) is 0 Å². The third-order valence-electron chi connectivity index (χ3n) is 1.07. The van der Waals surface area contributed by atoms with E-state index in [9.17, 15) is 39.5 Å². The largest absolute Gasteiger partial charge is 0.472 e. The van der Waals surface area contributed by atoms with E-state index in [1.807, 2.05) is 0 Å². The van der Waals surface area contributed by atoms with E-state index in [1.54, 1.807) is 0 Å². The van der Waals surface area contributed by atoms with Crippen LogP contribution in [0.3, 0.4) is 0 Å². The lowest BCUT2D eigenvalue weighted by atomic mass is 10.5. The Morgan fingerprint density at radius 3 is 1.13 bits per heavy atom. The molecule has 0 aromatic heterocycles. The molecule has 0 rings (SSSR count). The number of hydrogen-bond acceptors (Lipinski definition) is 1. The molecule has 0 saturated heterocycles. The fourth-order valence-electron chi connectivity index (χ4n) is 0.579. The van der Waals surface area contributed by atoms with Crippen LogP contribution in [0.4, 0.5) is 39.5 Å². The van der Waals surface area contributed by atoms with E-state index in [2.05, 4.69) is 0 Å². The maximum absolute atomic E-state index is 12.3. The molecule has 11 heteroatoms. The molecule has 0 heterocycles. The monoisotopic (exact) mass is 313 g/mol. The zero-order chi connectivity index (χ0) is 12.7. The normalized spacial score (nSPS) is 17.0. The first-order valence-corrected chi connectivity index (χ1v) is 3.82. The van der Waals surface area contributed by atoms with E-state index in [0.717, 1.165) is 0 Å². The molecule has 0 aromatic carbocycles. The Labute approximate surface area is 85.0 Å². The maximum atomic E-state index is 12.3. The Balaban J connectivity index is 5.33. The number of alkyl halides is 10. The molecule has 0 aliphatic carbocycles. The lowest BCUT2D eigenvalue weighted by molar-refractivity contribution is -0.442. The fourth-order valence-corrected chi connectivity index (χ4v) is 0.784. The lowest BCUT2D eigenvalue weighted by Gasteiger charge is -2.33. The Morgan fingerprint density at radius 2 is 1.07 bits per heavy atom. The molecule has 0 N–H and O–H groups in total. The SMILES string of the molecule is FC(Br)C(F)(F)N(C(F)(F)F)C(F)(F)F. The molecule has 92 valence electrons. The summed E-state index contributed by atoms with van der Waals surface area (Å²) in [7, 11) is 0. The van der Waals surface area contributed by atoms with Gasteiger partial charge < -0.3 is 0 Å². The van der Waals surface area contributed by atoms with Gasteiger partial charge in [0.1, 0.15) is 0 Å². The van der Waals surface area contributed by atoms with Crippen LogP contribution < -0.4 is 0 Å². The van der Waals surface area contributed by atoms with Crippen molar-refractivity contribution in [1.29, 1.82) is 0 Å². The molecule has 1 unspecified atom stereocenters. The maximum Gasteiger partial charge on any atom is 0.472 e. The van der Waals surface area contributed by atoms with Crippen molar-refractivity contribution in [3.8, 4) is 0 Å². The molecule has 0 amide bonds. The van der Waals surface area contributed by atoms with Crippen molar-refractivity contribution in [1.82, 2.24) is 4.90 Å². The zero-order valence-corrected chi connectivity index (χ0v) is 7.89. The average Bonchev–Trinajstić information content (AvgIpc) is 1.76. The van der Waals surface area contributed by atoms with Crippen molar-refractivity contribution >= 4 is 15.9 Å². The van der Waals surface area contributed by atoms with Crippen molar-refractivity contribution < 1.29 is 39.5 Å². The number of nitrogens with zero attached hydrogens (tertiary/aromatic N) is 1. The zero-order valence-electron chi connectivity index (χ0n) is 6.30. The van der Waals surface area contributed by atoms with Gasteiger partial charge in [-0.3, -0.25) is 0 Å². The third-order valence-corrected chi connectivity index (χ3v) is 1.62. The van der Waals surface area contributed by atoms with Gasteiger partial charge in [-0.15, -0.1) is 0 Å². The summed E-state index contributed by atoms with van der Waals surface area (Å²) in [6.07, 6.45) is -12.9. The third kappa shape index (κ3) is 3.40. The summed E-state index contributed by atoms with van der Waals surface area (Å²) in [6, 6.07) is -5.78. The van der Waals surface area contributed by atoms with Crippen molar-refractivity contribution in [2.24, 2.45) is 0 Å². The van der Waals surface area contributed by atoms with Crippen molar-refractivity contribution in [3.05, 3.63) is 0 Å². The first-order chi connectivity index (χ1) is 6.31. The second-order valence-electron chi connectivity index (χ2n) is 2.16. The van der Waals surface area contributed by atoms with E-state index in [1.165, 1.54) is 15.9 Å². The lowest BCUT2D eigenvalue weighted by Crippen LogP contribution is -2.60. The minimum Gasteiger partial charge on any atom is -0.227 e. The molecule has 0 bridgehead atoms. The van der Waals surface area contributed by atoms with Crippen LogP contribution in [0.1, 0.15) is 0 Å². The van der Waals surface area contributed by atoms with Gasteiger partial charge in [-0.1, -0.05) is 4.90 Å². The van der Waals surface area contributed by atoms with Gasteiger partial charge in [-0.05, 0) is 15.9 Å². The summed E-state index contributed by atoms with van der Waals surface area (Å²) in [6.45, 7) is 0. The van der Waals surface area contributed by atoms with E-state index in [-0.39, 0.29) is 0 Å². The van der Waals surface area contributed by atoms with Crippen molar-refractivity contribution in [3.63, 3.8) is 0 Å². The van der Waals surface area contributed by atoms with Gasteiger partial charge in [-0.25, -0.2) is 4.39 Å². The van der Waals surface area contributed by atoms with Crippen LogP contribution in [0.25, 0.3) is 0 Å². The highest BCUT2D eigenvalue weighted by molar-refractivity contribution is 9.09. The standard InChI is InChI=1S/C4HBrF9N/c5-1(6)2(7,8)15(3(9,10)11)4(12,13)14/h1H. The second kappa shape index (κ2) is 4.00. The highest BCUT2D eigenvalue weighted by atomic mass is 79.9. The topological polar surface area (TPSA) is 3.24 Å². The van der Waals surface area contributed by atoms with Gasteiger partial charge in [0.05, 0.1) is 0 Å². The average molecular weight is 314 g/mol. The summed E-state index contributed by atoms with van der Waals surface area (Å²) >= 11 is 1.32. The van der Waals surface area contributed by atoms with Crippen LogP contribution in [0.15, 0.2) is 0 Å². The van der Waals surface area contributed by atoms with Gasteiger partial charge in [0, 0.05) is 0 Å². The van der Waals surface area contributed by atoms with E-state index < -0.39 is 28.6 Å². The Hall–Kier alpha value is -0.190. The molecule has 0 aliphatic rings. The Kier molecular flexibility index (Phi) is 3.95. The van der Waals surface area contributed by atoms with Crippen LogP contribution in [-0.2, 0) is 0 Å². The smallest absolute Gasteiger partial charge is 0.227 e. The highest BCUT2D eigenvalue weighted by Crippen LogP contribution is 2.44. The van der Waals surface area contributed by atoms with Gasteiger partial charge in [-0.2, -0.15) is 35.1 Å². The molecule has 0 spiro atoms. The Bertz CT molecular complexity index is 203. The van der Waals surface area contributed by atoms with Crippen molar-refractivity contribution in [2.45, 2.75) is 23.7 Å². The molecule has 1 nitrogen and oxygen atoms in total. The molecule has 0 fully saturated rings. The van der Waals surface area contributed by atoms with E-state index in [4.69, 9.17) is 0 Å². The van der Waals surface area contributed by atoms with Gasteiger partial charge in [0.25, 0.3) is 0 Å².